The van der Waals surface area contributed by atoms with Crippen LogP contribution >= 0.6 is 0 Å². The van der Waals surface area contributed by atoms with Crippen LogP contribution < -0.4 is 4.74 Å². The summed E-state index contributed by atoms with van der Waals surface area (Å²) in [6, 6.07) is 5.83. The van der Waals surface area contributed by atoms with Gasteiger partial charge in [-0.15, -0.1) is 0 Å². The van der Waals surface area contributed by atoms with Crippen LogP contribution in [0.25, 0.3) is 0 Å². The van der Waals surface area contributed by atoms with E-state index in [0.29, 0.717) is 11.8 Å². The summed E-state index contributed by atoms with van der Waals surface area (Å²) in [5, 5.41) is 0. The molecular formula is C11H9F3O2. The summed E-state index contributed by atoms with van der Waals surface area (Å²) in [4.78, 5) is 11.3. The summed E-state index contributed by atoms with van der Waals surface area (Å²) < 4.78 is 40.2. The number of alkyl halides is 3. The van der Waals surface area contributed by atoms with Crippen molar-refractivity contribution >= 4 is 5.78 Å². The largest absolute Gasteiger partial charge is 0.497 e. The van der Waals surface area contributed by atoms with Crippen LogP contribution in [0.15, 0.2) is 36.4 Å². The number of ketones is 1. The van der Waals surface area contributed by atoms with E-state index < -0.39 is 12.0 Å². The molecule has 86 valence electrons. The maximum absolute atomic E-state index is 11.8. The first-order valence-electron chi connectivity index (χ1n) is 4.37. The first-order chi connectivity index (χ1) is 7.42. The van der Waals surface area contributed by atoms with Gasteiger partial charge >= 0.3 is 6.18 Å². The molecule has 0 aliphatic rings. The average Bonchev–Trinajstić information content (AvgIpc) is 2.25. The van der Waals surface area contributed by atoms with Crippen molar-refractivity contribution in [2.75, 3.05) is 7.11 Å². The fourth-order valence-corrected chi connectivity index (χ4v) is 1.02. The van der Waals surface area contributed by atoms with Crippen LogP contribution in [0.4, 0.5) is 13.2 Å². The Morgan fingerprint density at radius 3 is 2.25 bits per heavy atom. The predicted molar refractivity (Wildman–Crippen MR) is 52.5 cm³/mol. The molecule has 0 fully saturated rings. The lowest BCUT2D eigenvalue weighted by molar-refractivity contribution is -0.0799. The molecule has 0 unspecified atom stereocenters. The minimum Gasteiger partial charge on any atom is -0.497 e. The van der Waals surface area contributed by atoms with Gasteiger partial charge in [0.05, 0.1) is 7.11 Å². The lowest BCUT2D eigenvalue weighted by atomic mass is 10.1. The topological polar surface area (TPSA) is 26.3 Å². The second-order valence-electron chi connectivity index (χ2n) is 2.97. The Hall–Kier alpha value is -1.78. The van der Waals surface area contributed by atoms with Crippen LogP contribution in [0.3, 0.4) is 0 Å². The van der Waals surface area contributed by atoms with Crippen molar-refractivity contribution in [3.63, 3.8) is 0 Å². The molecular weight excluding hydrogens is 221 g/mol. The summed E-state index contributed by atoms with van der Waals surface area (Å²) in [6.45, 7) is 0. The first kappa shape index (κ1) is 12.3. The zero-order valence-corrected chi connectivity index (χ0v) is 8.41. The average molecular weight is 230 g/mol. The minimum absolute atomic E-state index is 0.0838. The second kappa shape index (κ2) is 4.83. The van der Waals surface area contributed by atoms with Gasteiger partial charge in [0.2, 0.25) is 0 Å². The summed E-state index contributed by atoms with van der Waals surface area (Å²) in [5.41, 5.74) is 0.182. The molecule has 16 heavy (non-hydrogen) atoms. The van der Waals surface area contributed by atoms with Gasteiger partial charge in [-0.05, 0) is 30.3 Å². The van der Waals surface area contributed by atoms with Crippen LogP contribution in [-0.2, 0) is 0 Å². The van der Waals surface area contributed by atoms with Crippen LogP contribution in [0, 0.1) is 0 Å². The Morgan fingerprint density at radius 2 is 1.81 bits per heavy atom. The molecule has 0 radical (unpaired) electrons. The molecule has 0 aliphatic heterocycles. The first-order valence-corrected chi connectivity index (χ1v) is 4.37. The van der Waals surface area contributed by atoms with Crippen molar-refractivity contribution < 1.29 is 22.7 Å². The van der Waals surface area contributed by atoms with E-state index in [4.69, 9.17) is 4.74 Å². The van der Waals surface area contributed by atoms with Gasteiger partial charge in [0.15, 0.2) is 5.78 Å². The van der Waals surface area contributed by atoms with Crippen LogP contribution in [0.1, 0.15) is 10.4 Å². The van der Waals surface area contributed by atoms with Gasteiger partial charge in [-0.1, -0.05) is 0 Å². The number of ether oxygens (including phenoxy) is 1. The van der Waals surface area contributed by atoms with Crippen LogP contribution in [0.2, 0.25) is 0 Å². The zero-order chi connectivity index (χ0) is 12.2. The van der Waals surface area contributed by atoms with E-state index in [0.717, 1.165) is 0 Å². The standard InChI is InChI=1S/C11H9F3O2/c1-16-9-4-2-8(3-5-9)10(15)6-7-11(12,13)14/h2-7H,1H3/b7-6+. The third-order valence-electron chi connectivity index (χ3n) is 1.80. The summed E-state index contributed by atoms with van der Waals surface area (Å²) >= 11 is 0. The van der Waals surface area contributed by atoms with Crippen molar-refractivity contribution in [3.05, 3.63) is 42.0 Å². The highest BCUT2D eigenvalue weighted by molar-refractivity contribution is 6.04. The molecule has 0 amide bonds. The monoisotopic (exact) mass is 230 g/mol. The van der Waals surface area contributed by atoms with E-state index >= 15 is 0 Å². The summed E-state index contributed by atoms with van der Waals surface area (Å²) in [5.74, 6) is -0.156. The number of rotatable bonds is 3. The molecule has 0 saturated heterocycles. The molecule has 0 atom stereocenters. The Balaban J connectivity index is 2.77. The Bertz CT molecular complexity index is 391. The van der Waals surface area contributed by atoms with E-state index in [9.17, 15) is 18.0 Å². The number of methoxy groups -OCH3 is 1. The molecule has 0 saturated carbocycles. The van der Waals surface area contributed by atoms with Crippen molar-refractivity contribution in [2.24, 2.45) is 0 Å². The van der Waals surface area contributed by atoms with Crippen molar-refractivity contribution in [2.45, 2.75) is 6.18 Å². The molecule has 5 heteroatoms. The second-order valence-corrected chi connectivity index (χ2v) is 2.97. The van der Waals surface area contributed by atoms with E-state index in [1.807, 2.05) is 0 Å². The molecule has 0 aliphatic carbocycles. The molecule has 0 heterocycles. The molecule has 1 rings (SSSR count). The number of allylic oxidation sites excluding steroid dienone is 2. The SMILES string of the molecule is COc1ccc(C(=O)/C=C/C(F)(F)F)cc1. The quantitative estimate of drug-likeness (QED) is 0.589. The van der Waals surface area contributed by atoms with Gasteiger partial charge < -0.3 is 4.74 Å². The zero-order valence-electron chi connectivity index (χ0n) is 8.41. The lowest BCUT2D eigenvalue weighted by Gasteiger charge is -2.00. The van der Waals surface area contributed by atoms with Crippen molar-refractivity contribution in [1.29, 1.82) is 0 Å². The molecule has 0 N–H and O–H groups in total. The Kier molecular flexibility index (Phi) is 3.71. The lowest BCUT2D eigenvalue weighted by Crippen LogP contribution is -2.03. The van der Waals surface area contributed by atoms with Gasteiger partial charge in [-0.2, -0.15) is 13.2 Å². The van der Waals surface area contributed by atoms with Crippen molar-refractivity contribution in [3.8, 4) is 5.75 Å². The normalized spacial score (nSPS) is 11.8. The molecule has 0 bridgehead atoms. The van der Waals surface area contributed by atoms with Crippen molar-refractivity contribution in [1.82, 2.24) is 0 Å². The molecule has 1 aromatic rings. The molecule has 1 aromatic carbocycles. The summed E-state index contributed by atoms with van der Waals surface area (Å²) in [6.07, 6.45) is -4.05. The highest BCUT2D eigenvalue weighted by Crippen LogP contribution is 2.17. The predicted octanol–water partition coefficient (Wildman–Crippen LogP) is 3.00. The number of carbonyl (C=O) groups is 1. The fourth-order valence-electron chi connectivity index (χ4n) is 1.02. The number of carbonyl (C=O) groups excluding carboxylic acids is 1. The maximum atomic E-state index is 11.8. The molecule has 0 aromatic heterocycles. The van der Waals surface area contributed by atoms with Crippen LogP contribution in [-0.4, -0.2) is 19.1 Å². The minimum atomic E-state index is -4.47. The Morgan fingerprint density at radius 1 is 1.25 bits per heavy atom. The van der Waals surface area contributed by atoms with E-state index in [-0.39, 0.29) is 11.6 Å². The van der Waals surface area contributed by atoms with Gasteiger partial charge in [0, 0.05) is 11.6 Å². The van der Waals surface area contributed by atoms with Gasteiger partial charge in [0.25, 0.3) is 0 Å². The number of benzene rings is 1. The maximum Gasteiger partial charge on any atom is 0.409 e. The highest BCUT2D eigenvalue weighted by Gasteiger charge is 2.22. The van der Waals surface area contributed by atoms with E-state index in [1.54, 1.807) is 0 Å². The number of hydrogen-bond donors (Lipinski definition) is 0. The van der Waals surface area contributed by atoms with Crippen LogP contribution in [0.5, 0.6) is 5.75 Å². The van der Waals surface area contributed by atoms with E-state index in [1.165, 1.54) is 31.4 Å². The third kappa shape index (κ3) is 3.76. The van der Waals surface area contributed by atoms with E-state index in [2.05, 4.69) is 0 Å². The fraction of sp³-hybridized carbons (Fsp3) is 0.182. The number of halogens is 3. The van der Waals surface area contributed by atoms with Gasteiger partial charge in [0.1, 0.15) is 5.75 Å². The van der Waals surface area contributed by atoms with Gasteiger partial charge in [-0.25, -0.2) is 0 Å². The Labute approximate surface area is 90.3 Å². The third-order valence-corrected chi connectivity index (χ3v) is 1.80. The van der Waals surface area contributed by atoms with Gasteiger partial charge in [-0.3, -0.25) is 4.79 Å². The molecule has 0 spiro atoms. The smallest absolute Gasteiger partial charge is 0.409 e. The summed E-state index contributed by atoms with van der Waals surface area (Å²) in [7, 11) is 1.46. The number of hydrogen-bond acceptors (Lipinski definition) is 2. The molecule has 2 nitrogen and oxygen atoms in total. The highest BCUT2D eigenvalue weighted by atomic mass is 19.4.